The second kappa shape index (κ2) is 10.9. The number of carbonyl (C=O) groups excluding carboxylic acids is 4. The van der Waals surface area contributed by atoms with Crippen LogP contribution in [0.15, 0.2) is 42.5 Å². The largest absolute Gasteiger partial charge is 0.333 e. The summed E-state index contributed by atoms with van der Waals surface area (Å²) in [5, 5.41) is 15.9. The SMILES string of the molecule is Cc1cccc(C)c1NC(=O)C(C)(C)C(=O)N(C)[C@@H](CC(C)(C)C)C(=O)N1C[C@]2(C[C@H]1C#N)C(=O)Nc1ccccc12. The molecule has 2 aliphatic rings. The average molecular weight is 572 g/mol. The zero-order valence-corrected chi connectivity index (χ0v) is 25.8. The van der Waals surface area contributed by atoms with Crippen molar-refractivity contribution in [3.63, 3.8) is 0 Å². The number of likely N-dealkylation sites (N-methyl/N-ethyl adjacent to an activating group) is 1. The third kappa shape index (κ3) is 5.38. The fourth-order valence-electron chi connectivity index (χ4n) is 6.11. The molecule has 0 aliphatic carbocycles. The first-order valence-electron chi connectivity index (χ1n) is 14.3. The Kier molecular flexibility index (Phi) is 7.98. The van der Waals surface area contributed by atoms with E-state index in [-0.39, 0.29) is 24.3 Å². The van der Waals surface area contributed by atoms with Crippen molar-refractivity contribution in [1.82, 2.24) is 9.80 Å². The first-order chi connectivity index (χ1) is 19.5. The van der Waals surface area contributed by atoms with Gasteiger partial charge in [0.05, 0.1) is 11.5 Å². The topological polar surface area (TPSA) is 123 Å². The summed E-state index contributed by atoms with van der Waals surface area (Å²) < 4.78 is 0. The van der Waals surface area contributed by atoms with Crippen molar-refractivity contribution >= 4 is 35.0 Å². The first-order valence-corrected chi connectivity index (χ1v) is 14.3. The number of nitriles is 1. The summed E-state index contributed by atoms with van der Waals surface area (Å²) in [5.74, 6) is -1.64. The summed E-state index contributed by atoms with van der Waals surface area (Å²) in [6, 6.07) is 13.4. The van der Waals surface area contributed by atoms with Gasteiger partial charge in [-0.1, -0.05) is 57.2 Å². The maximum atomic E-state index is 14.3. The number of benzene rings is 2. The molecule has 4 rings (SSSR count). The van der Waals surface area contributed by atoms with Crippen molar-refractivity contribution in [2.24, 2.45) is 10.8 Å². The number of fused-ring (bicyclic) bond motifs is 2. The van der Waals surface area contributed by atoms with Crippen LogP contribution in [0.1, 0.15) is 64.2 Å². The van der Waals surface area contributed by atoms with Crippen molar-refractivity contribution in [2.75, 3.05) is 24.2 Å². The Bertz CT molecular complexity index is 1460. The van der Waals surface area contributed by atoms with E-state index in [1.807, 2.05) is 77.1 Å². The van der Waals surface area contributed by atoms with Crippen LogP contribution in [0, 0.1) is 36.0 Å². The molecule has 42 heavy (non-hydrogen) atoms. The Morgan fingerprint density at radius 2 is 1.71 bits per heavy atom. The molecule has 2 N–H and O–H groups in total. The molecule has 3 atom stereocenters. The van der Waals surface area contributed by atoms with E-state index in [0.717, 1.165) is 16.7 Å². The maximum absolute atomic E-state index is 14.3. The summed E-state index contributed by atoms with van der Waals surface area (Å²) >= 11 is 0. The number of rotatable bonds is 6. The smallest absolute Gasteiger partial charge is 0.246 e. The molecule has 0 radical (unpaired) electrons. The number of hydrogen-bond acceptors (Lipinski definition) is 5. The molecule has 0 saturated carbocycles. The number of carbonyl (C=O) groups is 4. The van der Waals surface area contributed by atoms with E-state index >= 15 is 0 Å². The number of likely N-dealkylation sites (tertiary alicyclic amines) is 1. The highest BCUT2D eigenvalue weighted by Crippen LogP contribution is 2.46. The van der Waals surface area contributed by atoms with Gasteiger partial charge in [0.1, 0.15) is 17.5 Å². The van der Waals surface area contributed by atoms with E-state index in [1.54, 1.807) is 13.8 Å². The molecule has 2 aliphatic heterocycles. The molecule has 2 aromatic rings. The number of nitrogens with one attached hydrogen (secondary N) is 2. The number of para-hydroxylation sites is 2. The van der Waals surface area contributed by atoms with Crippen LogP contribution in [0.5, 0.6) is 0 Å². The molecule has 4 amide bonds. The van der Waals surface area contributed by atoms with Gasteiger partial charge in [-0.05, 0) is 62.3 Å². The molecular weight excluding hydrogens is 530 g/mol. The Labute approximate surface area is 248 Å². The third-order valence-electron chi connectivity index (χ3n) is 8.62. The van der Waals surface area contributed by atoms with Gasteiger partial charge in [0.2, 0.25) is 23.6 Å². The third-order valence-corrected chi connectivity index (χ3v) is 8.62. The fourth-order valence-corrected chi connectivity index (χ4v) is 6.11. The van der Waals surface area contributed by atoms with Gasteiger partial charge in [-0.3, -0.25) is 19.2 Å². The van der Waals surface area contributed by atoms with E-state index in [9.17, 15) is 24.4 Å². The quantitative estimate of drug-likeness (QED) is 0.493. The van der Waals surface area contributed by atoms with Crippen molar-refractivity contribution < 1.29 is 19.2 Å². The van der Waals surface area contributed by atoms with Crippen LogP contribution in [-0.4, -0.2) is 59.1 Å². The number of amides is 4. The van der Waals surface area contributed by atoms with Crippen molar-refractivity contribution in [3.8, 4) is 6.07 Å². The molecule has 0 bridgehead atoms. The predicted octanol–water partition coefficient (Wildman–Crippen LogP) is 4.55. The van der Waals surface area contributed by atoms with Gasteiger partial charge >= 0.3 is 0 Å². The van der Waals surface area contributed by atoms with E-state index in [0.29, 0.717) is 17.8 Å². The summed E-state index contributed by atoms with van der Waals surface area (Å²) in [4.78, 5) is 57.9. The normalized spacial score (nSPS) is 20.5. The Morgan fingerprint density at radius 1 is 1.10 bits per heavy atom. The molecular formula is C33H41N5O4. The maximum Gasteiger partial charge on any atom is 0.246 e. The standard InChI is InChI=1S/C33H41N5O4/c1-20-12-11-13-21(2)26(20)36-28(40)32(6,7)30(42)37(8)25(17-31(3,4)5)27(39)38-19-33(16-22(38)18-34)23-14-9-10-15-24(23)35-29(33)41/h9-15,22,25H,16-17,19H2,1-8H3,(H,35,41)(H,36,40)/t22-,25-,33-/m0/s1. The second-order valence-electron chi connectivity index (χ2n) is 13.4. The molecule has 222 valence electrons. The van der Waals surface area contributed by atoms with Crippen molar-refractivity contribution in [3.05, 3.63) is 59.2 Å². The lowest BCUT2D eigenvalue weighted by Gasteiger charge is -2.38. The van der Waals surface area contributed by atoms with Crippen LogP contribution < -0.4 is 10.6 Å². The number of hydrogen-bond donors (Lipinski definition) is 2. The van der Waals surface area contributed by atoms with Crippen LogP contribution in [0.2, 0.25) is 0 Å². The lowest BCUT2D eigenvalue weighted by Crippen LogP contribution is -2.56. The van der Waals surface area contributed by atoms with Gasteiger partial charge in [-0.25, -0.2) is 0 Å². The highest BCUT2D eigenvalue weighted by Gasteiger charge is 2.57. The summed E-state index contributed by atoms with van der Waals surface area (Å²) in [5.41, 5.74) is 0.971. The zero-order valence-electron chi connectivity index (χ0n) is 25.8. The van der Waals surface area contributed by atoms with E-state index < -0.39 is 40.6 Å². The lowest BCUT2D eigenvalue weighted by atomic mass is 9.80. The van der Waals surface area contributed by atoms with Gasteiger partial charge in [0.25, 0.3) is 0 Å². The Morgan fingerprint density at radius 3 is 2.31 bits per heavy atom. The number of nitrogens with zero attached hydrogens (tertiary/aromatic N) is 3. The van der Waals surface area contributed by atoms with Gasteiger partial charge in [-0.15, -0.1) is 0 Å². The van der Waals surface area contributed by atoms with E-state index in [1.165, 1.54) is 16.8 Å². The Balaban J connectivity index is 1.64. The molecule has 9 heteroatoms. The molecule has 0 aromatic heterocycles. The summed E-state index contributed by atoms with van der Waals surface area (Å²) in [7, 11) is 1.54. The van der Waals surface area contributed by atoms with E-state index in [4.69, 9.17) is 0 Å². The summed E-state index contributed by atoms with van der Waals surface area (Å²) in [6.45, 7) is 12.8. The lowest BCUT2D eigenvalue weighted by molar-refractivity contribution is -0.153. The highest BCUT2D eigenvalue weighted by molar-refractivity contribution is 6.11. The second-order valence-corrected chi connectivity index (χ2v) is 13.4. The molecule has 2 heterocycles. The number of anilines is 2. The molecule has 1 fully saturated rings. The van der Waals surface area contributed by atoms with Gasteiger partial charge in [0, 0.05) is 31.4 Å². The van der Waals surface area contributed by atoms with Gasteiger partial charge in [0.15, 0.2) is 0 Å². The molecule has 1 spiro atoms. The van der Waals surface area contributed by atoms with Gasteiger partial charge < -0.3 is 20.4 Å². The van der Waals surface area contributed by atoms with Crippen LogP contribution in [0.25, 0.3) is 0 Å². The van der Waals surface area contributed by atoms with E-state index in [2.05, 4.69) is 16.7 Å². The minimum absolute atomic E-state index is 0.0337. The highest BCUT2D eigenvalue weighted by atomic mass is 16.2. The van der Waals surface area contributed by atoms with Gasteiger partial charge in [-0.2, -0.15) is 5.26 Å². The predicted molar refractivity (Wildman–Crippen MR) is 161 cm³/mol. The zero-order chi connectivity index (χ0) is 31.2. The van der Waals surface area contributed by atoms with Crippen LogP contribution in [0.4, 0.5) is 11.4 Å². The average Bonchev–Trinajstić information content (AvgIpc) is 3.45. The minimum Gasteiger partial charge on any atom is -0.333 e. The number of aryl methyl sites for hydroxylation is 2. The molecule has 0 unspecified atom stereocenters. The van der Waals surface area contributed by atoms with Crippen molar-refractivity contribution in [2.45, 2.75) is 78.8 Å². The molecule has 9 nitrogen and oxygen atoms in total. The molecule has 2 aromatic carbocycles. The summed E-state index contributed by atoms with van der Waals surface area (Å²) in [6.07, 6.45) is 0.467. The Hall–Kier alpha value is -4.19. The minimum atomic E-state index is -1.50. The van der Waals surface area contributed by atoms with Crippen LogP contribution >= 0.6 is 0 Å². The van der Waals surface area contributed by atoms with Crippen molar-refractivity contribution in [1.29, 1.82) is 5.26 Å². The monoisotopic (exact) mass is 571 g/mol. The van der Waals surface area contributed by atoms with Crippen LogP contribution in [-0.2, 0) is 24.6 Å². The first kappa shape index (κ1) is 30.8. The fraction of sp³-hybridized carbons (Fsp3) is 0.485. The van der Waals surface area contributed by atoms with Crippen LogP contribution in [0.3, 0.4) is 0 Å². The molecule has 1 saturated heterocycles.